The average molecular weight is 370 g/mol. The predicted molar refractivity (Wildman–Crippen MR) is 92.3 cm³/mol. The van der Waals surface area contributed by atoms with Crippen LogP contribution in [0.2, 0.25) is 0 Å². The van der Waals surface area contributed by atoms with Crippen molar-refractivity contribution in [2.24, 2.45) is 5.41 Å². The lowest BCUT2D eigenvalue weighted by Crippen LogP contribution is -2.55. The van der Waals surface area contributed by atoms with Gasteiger partial charge < -0.3 is 9.47 Å². The van der Waals surface area contributed by atoms with E-state index in [-0.39, 0.29) is 18.5 Å². The number of Topliss-reactive ketones (excluding diaryl/α,β-unsaturated/α-hetero) is 1. The molecule has 2 fully saturated rings. The molecule has 144 valence electrons. The summed E-state index contributed by atoms with van der Waals surface area (Å²) in [5.74, 6) is -0.427. The molecule has 26 heavy (non-hydrogen) atoms. The fourth-order valence-corrected chi connectivity index (χ4v) is 4.40. The molecule has 1 aromatic heterocycles. The fourth-order valence-electron chi connectivity index (χ4n) is 4.40. The molecule has 2 aliphatic rings. The van der Waals surface area contributed by atoms with Gasteiger partial charge in [-0.3, -0.25) is 9.59 Å². The Bertz CT molecular complexity index is 725. The summed E-state index contributed by atoms with van der Waals surface area (Å²) in [4.78, 5) is 26.5. The zero-order valence-corrected chi connectivity index (χ0v) is 15.1. The van der Waals surface area contributed by atoms with Crippen molar-refractivity contribution in [3.63, 3.8) is 0 Å². The number of carbonyl (C=O) groups is 1. The number of nitrogens with zero attached hydrogens (tertiary/aromatic N) is 2. The summed E-state index contributed by atoms with van der Waals surface area (Å²) in [6.07, 6.45) is 0.995. The van der Waals surface area contributed by atoms with E-state index in [4.69, 9.17) is 0 Å². The highest BCUT2D eigenvalue weighted by molar-refractivity contribution is 5.95. The van der Waals surface area contributed by atoms with Crippen LogP contribution in [0, 0.1) is 5.41 Å². The summed E-state index contributed by atoms with van der Waals surface area (Å²) in [5.41, 5.74) is -1.52. The van der Waals surface area contributed by atoms with Crippen LogP contribution >= 0.6 is 0 Å². The van der Waals surface area contributed by atoms with E-state index >= 15 is 0 Å². The number of pyridine rings is 1. The first-order valence-electron chi connectivity index (χ1n) is 9.32. The largest absolute Gasteiger partial charge is 0.431 e. The Morgan fingerprint density at radius 1 is 1.15 bits per heavy atom. The molecule has 0 N–H and O–H groups in total. The number of alkyl halides is 3. The van der Waals surface area contributed by atoms with Crippen LogP contribution in [-0.2, 0) is 12.7 Å². The minimum absolute atomic E-state index is 0.0258. The quantitative estimate of drug-likeness (QED) is 0.717. The van der Waals surface area contributed by atoms with Crippen LogP contribution < -0.4 is 5.56 Å². The van der Waals surface area contributed by atoms with Crippen LogP contribution in [0.4, 0.5) is 13.2 Å². The van der Waals surface area contributed by atoms with E-state index in [1.165, 1.54) is 25.7 Å². The second-order valence-corrected chi connectivity index (χ2v) is 7.63. The van der Waals surface area contributed by atoms with Crippen molar-refractivity contribution >= 4 is 5.78 Å². The zero-order valence-electron chi connectivity index (χ0n) is 15.1. The van der Waals surface area contributed by atoms with Gasteiger partial charge in [-0.25, -0.2) is 0 Å². The predicted octanol–water partition coefficient (Wildman–Crippen LogP) is 3.73. The lowest BCUT2D eigenvalue weighted by Gasteiger charge is -2.48. The number of carbonyl (C=O) groups excluding carboxylic acids is 1. The Morgan fingerprint density at radius 3 is 2.38 bits per heavy atom. The van der Waals surface area contributed by atoms with Crippen molar-refractivity contribution in [3.8, 4) is 0 Å². The molecule has 0 aromatic carbocycles. The van der Waals surface area contributed by atoms with Gasteiger partial charge in [-0.15, -0.1) is 0 Å². The van der Waals surface area contributed by atoms with Gasteiger partial charge >= 0.3 is 6.18 Å². The van der Waals surface area contributed by atoms with E-state index in [1.807, 2.05) is 0 Å². The molecule has 2 heterocycles. The molecule has 1 spiro atoms. The highest BCUT2D eigenvalue weighted by atomic mass is 19.4. The smallest absolute Gasteiger partial charge is 0.304 e. The molecule has 1 aliphatic carbocycles. The maximum absolute atomic E-state index is 13.3. The molecule has 0 radical (unpaired) electrons. The topological polar surface area (TPSA) is 42.3 Å². The first kappa shape index (κ1) is 19.1. The maximum Gasteiger partial charge on any atom is 0.431 e. The Hall–Kier alpha value is -1.63. The van der Waals surface area contributed by atoms with Crippen molar-refractivity contribution < 1.29 is 18.0 Å². The second-order valence-electron chi connectivity index (χ2n) is 7.63. The normalized spacial score (nSPS) is 19.7. The molecule has 0 unspecified atom stereocenters. The lowest BCUT2D eigenvalue weighted by atomic mass is 9.78. The highest BCUT2D eigenvalue weighted by Gasteiger charge is 2.44. The molecule has 3 rings (SSSR count). The number of likely N-dealkylation sites (tertiary alicyclic amines) is 1. The van der Waals surface area contributed by atoms with Gasteiger partial charge in [-0.2, -0.15) is 13.2 Å². The van der Waals surface area contributed by atoms with Crippen molar-refractivity contribution in [1.29, 1.82) is 0 Å². The number of hydrogen-bond acceptors (Lipinski definition) is 3. The molecule has 4 nitrogen and oxygen atoms in total. The molecule has 0 atom stereocenters. The summed E-state index contributed by atoms with van der Waals surface area (Å²) < 4.78 is 40.5. The van der Waals surface area contributed by atoms with Crippen LogP contribution in [-0.4, -0.2) is 34.9 Å². The van der Waals surface area contributed by atoms with Crippen molar-refractivity contribution in [3.05, 3.63) is 33.7 Å². The third kappa shape index (κ3) is 3.72. The van der Waals surface area contributed by atoms with Gasteiger partial charge in [-0.05, 0) is 43.4 Å². The average Bonchev–Trinajstić information content (AvgIpc) is 3.03. The highest BCUT2D eigenvalue weighted by Crippen LogP contribution is 2.45. The zero-order chi connectivity index (χ0) is 18.9. The summed E-state index contributed by atoms with van der Waals surface area (Å²) in [7, 11) is 0. The standard InChI is InChI=1S/C19H25F3N2O2/c1-2-15(25)14-6-7-16(19(20,21)22)24(17(14)26)11-5-10-23-12-18(13-23)8-3-4-9-18/h6-7H,2-5,8-13H2,1H3. The number of rotatable bonds is 6. The molecule has 7 heteroatoms. The van der Waals surface area contributed by atoms with Gasteiger partial charge in [0.25, 0.3) is 5.56 Å². The monoisotopic (exact) mass is 370 g/mol. The van der Waals surface area contributed by atoms with Gasteiger partial charge in [0.05, 0.1) is 5.56 Å². The maximum atomic E-state index is 13.3. The lowest BCUT2D eigenvalue weighted by molar-refractivity contribution is -0.144. The summed E-state index contributed by atoms with van der Waals surface area (Å²) >= 11 is 0. The van der Waals surface area contributed by atoms with Crippen LogP contribution in [0.5, 0.6) is 0 Å². The van der Waals surface area contributed by atoms with Crippen LogP contribution in [0.25, 0.3) is 0 Å². The number of ketones is 1. The molecular formula is C19H25F3N2O2. The molecule has 1 saturated carbocycles. The number of halogens is 3. The first-order valence-corrected chi connectivity index (χ1v) is 9.32. The Balaban J connectivity index is 1.69. The van der Waals surface area contributed by atoms with Crippen molar-refractivity contribution in [2.75, 3.05) is 19.6 Å². The SMILES string of the molecule is CCC(=O)c1ccc(C(F)(F)F)n(CCCN2CC3(CCCC3)C2)c1=O. The van der Waals surface area contributed by atoms with E-state index in [2.05, 4.69) is 4.90 Å². The van der Waals surface area contributed by atoms with Gasteiger partial charge in [0, 0.05) is 26.1 Å². The Labute approximate surface area is 151 Å². The summed E-state index contributed by atoms with van der Waals surface area (Å²) in [6, 6.07) is 1.86. The molecule has 1 saturated heterocycles. The van der Waals surface area contributed by atoms with Crippen LogP contribution in [0.1, 0.15) is 61.5 Å². The minimum Gasteiger partial charge on any atom is -0.304 e. The Morgan fingerprint density at radius 2 is 1.81 bits per heavy atom. The summed E-state index contributed by atoms with van der Waals surface area (Å²) in [6.45, 7) is 4.27. The van der Waals surface area contributed by atoms with Gasteiger partial charge in [0.2, 0.25) is 0 Å². The molecule has 1 aromatic rings. The van der Waals surface area contributed by atoms with Crippen LogP contribution in [0.15, 0.2) is 16.9 Å². The van der Waals surface area contributed by atoms with Gasteiger partial charge in [0.15, 0.2) is 5.78 Å². The third-order valence-electron chi connectivity index (χ3n) is 5.72. The minimum atomic E-state index is -4.61. The van der Waals surface area contributed by atoms with E-state index in [0.29, 0.717) is 18.4 Å². The molecule has 0 amide bonds. The van der Waals surface area contributed by atoms with Gasteiger partial charge in [0.1, 0.15) is 5.69 Å². The molecule has 0 bridgehead atoms. The Kier molecular flexibility index (Phi) is 5.28. The van der Waals surface area contributed by atoms with Crippen LogP contribution in [0.3, 0.4) is 0 Å². The molecular weight excluding hydrogens is 345 g/mol. The number of hydrogen-bond donors (Lipinski definition) is 0. The number of aromatic nitrogens is 1. The second kappa shape index (κ2) is 7.18. The van der Waals surface area contributed by atoms with Crippen molar-refractivity contribution in [2.45, 2.75) is 58.2 Å². The first-order chi connectivity index (χ1) is 12.3. The fraction of sp³-hybridized carbons (Fsp3) is 0.684. The third-order valence-corrected chi connectivity index (χ3v) is 5.72. The van der Waals surface area contributed by atoms with E-state index < -0.39 is 23.2 Å². The van der Waals surface area contributed by atoms with Crippen molar-refractivity contribution in [1.82, 2.24) is 9.47 Å². The summed E-state index contributed by atoms with van der Waals surface area (Å²) in [5, 5.41) is 0. The van der Waals surface area contributed by atoms with E-state index in [9.17, 15) is 22.8 Å². The van der Waals surface area contributed by atoms with E-state index in [0.717, 1.165) is 29.8 Å². The molecule has 1 aliphatic heterocycles. The van der Waals surface area contributed by atoms with Gasteiger partial charge in [-0.1, -0.05) is 19.8 Å². The van der Waals surface area contributed by atoms with E-state index in [1.54, 1.807) is 6.92 Å².